The van der Waals surface area contributed by atoms with Crippen molar-refractivity contribution >= 4 is 22.9 Å². The van der Waals surface area contributed by atoms with Crippen LogP contribution in [0.4, 0.5) is 5.69 Å². The van der Waals surface area contributed by atoms with Crippen LogP contribution in [0.3, 0.4) is 0 Å². The number of hydrogen-bond acceptors (Lipinski definition) is 4. The van der Waals surface area contributed by atoms with Gasteiger partial charge in [-0.15, -0.1) is 0 Å². The summed E-state index contributed by atoms with van der Waals surface area (Å²) in [5.74, 6) is 0.168. The predicted molar refractivity (Wildman–Crippen MR) is 90.4 cm³/mol. The highest BCUT2D eigenvalue weighted by atomic mass is 32.1. The van der Waals surface area contributed by atoms with Crippen molar-refractivity contribution in [2.75, 3.05) is 31.1 Å². The summed E-state index contributed by atoms with van der Waals surface area (Å²) >= 11 is 1.74. The Hall–Kier alpha value is -1.88. The number of pyridine rings is 1. The molecule has 3 heterocycles. The van der Waals surface area contributed by atoms with Gasteiger partial charge in [-0.1, -0.05) is 0 Å². The zero-order chi connectivity index (χ0) is 15.4. The molecular formula is C17H21N3OS. The van der Waals surface area contributed by atoms with Crippen LogP contribution in [0.5, 0.6) is 0 Å². The van der Waals surface area contributed by atoms with Crippen molar-refractivity contribution in [3.05, 3.63) is 46.4 Å². The largest absolute Gasteiger partial charge is 0.367 e. The molecule has 2 aromatic heterocycles. The van der Waals surface area contributed by atoms with Gasteiger partial charge in [-0.2, -0.15) is 11.3 Å². The first kappa shape index (κ1) is 15.0. The molecule has 116 valence electrons. The molecule has 0 aromatic carbocycles. The lowest BCUT2D eigenvalue weighted by atomic mass is 10.1. The molecule has 1 aliphatic heterocycles. The summed E-state index contributed by atoms with van der Waals surface area (Å²) in [6.07, 6.45) is 3.99. The van der Waals surface area contributed by atoms with Crippen LogP contribution in [-0.4, -0.2) is 42.0 Å². The van der Waals surface area contributed by atoms with Crippen molar-refractivity contribution in [2.24, 2.45) is 0 Å². The van der Waals surface area contributed by atoms with Crippen LogP contribution in [0.15, 0.2) is 35.2 Å². The molecule has 0 aliphatic carbocycles. The van der Waals surface area contributed by atoms with Gasteiger partial charge in [0.2, 0.25) is 5.91 Å². The van der Waals surface area contributed by atoms with E-state index in [0.29, 0.717) is 0 Å². The maximum Gasteiger partial charge on any atom is 0.219 e. The van der Waals surface area contributed by atoms with E-state index < -0.39 is 0 Å². The maximum absolute atomic E-state index is 11.4. The minimum absolute atomic E-state index is 0.168. The quantitative estimate of drug-likeness (QED) is 0.870. The van der Waals surface area contributed by atoms with E-state index in [4.69, 9.17) is 0 Å². The number of nitrogens with zero attached hydrogens (tertiary/aromatic N) is 3. The average Bonchev–Trinajstić information content (AvgIpc) is 3.07. The molecule has 1 fully saturated rings. The number of rotatable bonds is 4. The number of thiophene rings is 1. The third-order valence-corrected chi connectivity index (χ3v) is 4.88. The van der Waals surface area contributed by atoms with Gasteiger partial charge in [0.1, 0.15) is 0 Å². The van der Waals surface area contributed by atoms with Gasteiger partial charge < -0.3 is 9.80 Å². The lowest BCUT2D eigenvalue weighted by molar-refractivity contribution is -0.129. The van der Waals surface area contributed by atoms with E-state index in [0.717, 1.165) is 50.4 Å². The highest BCUT2D eigenvalue weighted by Gasteiger charge is 2.18. The number of aryl methyl sites for hydroxylation is 2. The molecule has 0 N–H and O–H groups in total. The number of carbonyl (C=O) groups is 1. The normalized spacial score (nSPS) is 15.1. The molecule has 22 heavy (non-hydrogen) atoms. The minimum atomic E-state index is 0.168. The summed E-state index contributed by atoms with van der Waals surface area (Å²) in [7, 11) is 0. The second kappa shape index (κ2) is 6.92. The van der Waals surface area contributed by atoms with Crippen LogP contribution in [0.2, 0.25) is 0 Å². The lowest BCUT2D eigenvalue weighted by Gasteiger charge is -2.35. The second-order valence-electron chi connectivity index (χ2n) is 5.63. The number of anilines is 1. The smallest absolute Gasteiger partial charge is 0.219 e. The van der Waals surface area contributed by atoms with Gasteiger partial charge in [0.25, 0.3) is 0 Å². The first-order chi connectivity index (χ1) is 10.7. The van der Waals surface area contributed by atoms with Crippen LogP contribution < -0.4 is 4.90 Å². The zero-order valence-electron chi connectivity index (χ0n) is 12.9. The van der Waals surface area contributed by atoms with E-state index >= 15 is 0 Å². The monoisotopic (exact) mass is 315 g/mol. The van der Waals surface area contributed by atoms with E-state index in [9.17, 15) is 4.79 Å². The Morgan fingerprint density at radius 3 is 2.59 bits per heavy atom. The molecule has 0 atom stereocenters. The Morgan fingerprint density at radius 1 is 1.18 bits per heavy atom. The molecule has 0 unspecified atom stereocenters. The summed E-state index contributed by atoms with van der Waals surface area (Å²) in [4.78, 5) is 20.1. The van der Waals surface area contributed by atoms with Crippen molar-refractivity contribution in [2.45, 2.75) is 19.8 Å². The van der Waals surface area contributed by atoms with Crippen molar-refractivity contribution in [3.8, 4) is 0 Å². The fourth-order valence-corrected chi connectivity index (χ4v) is 3.44. The van der Waals surface area contributed by atoms with E-state index in [1.54, 1.807) is 18.3 Å². The fraction of sp³-hybridized carbons (Fsp3) is 0.412. The van der Waals surface area contributed by atoms with E-state index in [1.807, 2.05) is 11.1 Å². The number of aromatic nitrogens is 1. The van der Waals surface area contributed by atoms with Crippen LogP contribution in [0.1, 0.15) is 18.2 Å². The van der Waals surface area contributed by atoms with Crippen LogP contribution in [0.25, 0.3) is 0 Å². The van der Waals surface area contributed by atoms with Gasteiger partial charge in [0.15, 0.2) is 0 Å². The average molecular weight is 315 g/mol. The van der Waals surface area contributed by atoms with Crippen molar-refractivity contribution in [1.29, 1.82) is 0 Å². The number of amides is 1. The molecule has 0 saturated carbocycles. The summed E-state index contributed by atoms with van der Waals surface area (Å²) in [5, 5.41) is 4.31. The van der Waals surface area contributed by atoms with E-state index in [1.165, 1.54) is 5.56 Å². The van der Waals surface area contributed by atoms with Crippen molar-refractivity contribution in [1.82, 2.24) is 9.88 Å². The maximum atomic E-state index is 11.4. The molecule has 2 aromatic rings. The third kappa shape index (κ3) is 3.65. The lowest BCUT2D eigenvalue weighted by Crippen LogP contribution is -2.48. The molecule has 0 spiro atoms. The molecule has 5 heteroatoms. The molecular weight excluding hydrogens is 294 g/mol. The van der Waals surface area contributed by atoms with Gasteiger partial charge in [0, 0.05) is 38.8 Å². The topological polar surface area (TPSA) is 36.4 Å². The van der Waals surface area contributed by atoms with E-state index in [-0.39, 0.29) is 5.91 Å². The van der Waals surface area contributed by atoms with Gasteiger partial charge in [0.05, 0.1) is 11.9 Å². The summed E-state index contributed by atoms with van der Waals surface area (Å²) in [5.41, 5.74) is 3.68. The minimum Gasteiger partial charge on any atom is -0.367 e. The van der Waals surface area contributed by atoms with Gasteiger partial charge in [-0.05, 0) is 47.4 Å². The number of carbonyl (C=O) groups excluding carboxylic acids is 1. The van der Waals surface area contributed by atoms with Crippen LogP contribution in [0, 0.1) is 0 Å². The Bertz CT molecular complexity index is 601. The van der Waals surface area contributed by atoms with Crippen LogP contribution in [-0.2, 0) is 17.6 Å². The molecule has 4 nitrogen and oxygen atoms in total. The second-order valence-corrected chi connectivity index (χ2v) is 6.41. The molecule has 0 radical (unpaired) electrons. The highest BCUT2D eigenvalue weighted by molar-refractivity contribution is 7.07. The molecule has 3 rings (SSSR count). The molecule has 1 amide bonds. The summed E-state index contributed by atoms with van der Waals surface area (Å²) in [6.45, 7) is 5.01. The summed E-state index contributed by atoms with van der Waals surface area (Å²) < 4.78 is 0. The first-order valence-electron chi connectivity index (χ1n) is 7.69. The third-order valence-electron chi connectivity index (χ3n) is 4.15. The number of piperazine rings is 1. The Labute approximate surface area is 135 Å². The Balaban J connectivity index is 1.54. The summed E-state index contributed by atoms with van der Waals surface area (Å²) in [6, 6.07) is 6.45. The molecule has 1 aliphatic rings. The highest BCUT2D eigenvalue weighted by Crippen LogP contribution is 2.17. The number of hydrogen-bond donors (Lipinski definition) is 0. The molecule has 1 saturated heterocycles. The van der Waals surface area contributed by atoms with Crippen LogP contribution >= 0.6 is 11.3 Å². The standard InChI is InChI=1S/C17H21N3OS/c1-14(21)19-7-9-20(10-8-19)17-5-4-16(18-12-17)3-2-15-6-11-22-13-15/h4-6,11-13H,2-3,7-10H2,1H3. The molecule has 0 bridgehead atoms. The predicted octanol–water partition coefficient (Wildman–Crippen LogP) is 2.60. The van der Waals surface area contributed by atoms with Crippen molar-refractivity contribution in [3.63, 3.8) is 0 Å². The van der Waals surface area contributed by atoms with E-state index in [2.05, 4.69) is 38.8 Å². The SMILES string of the molecule is CC(=O)N1CCN(c2ccc(CCc3ccsc3)nc2)CC1. The zero-order valence-corrected chi connectivity index (χ0v) is 13.7. The van der Waals surface area contributed by atoms with Gasteiger partial charge in [-0.3, -0.25) is 9.78 Å². The Morgan fingerprint density at radius 2 is 2.00 bits per heavy atom. The fourth-order valence-electron chi connectivity index (χ4n) is 2.74. The van der Waals surface area contributed by atoms with Crippen molar-refractivity contribution < 1.29 is 4.79 Å². The Kier molecular flexibility index (Phi) is 4.73. The van der Waals surface area contributed by atoms with Gasteiger partial charge >= 0.3 is 0 Å². The first-order valence-corrected chi connectivity index (χ1v) is 8.63. The van der Waals surface area contributed by atoms with Gasteiger partial charge in [-0.25, -0.2) is 0 Å².